The molecule has 0 radical (unpaired) electrons. The van der Waals surface area contributed by atoms with E-state index in [1.54, 1.807) is 0 Å². The molecule has 0 fully saturated rings. The molecule has 0 rings (SSSR count). The monoisotopic (exact) mass is 284 g/mol. The first kappa shape index (κ1) is 11.6. The summed E-state index contributed by atoms with van der Waals surface area (Å²) in [6, 6.07) is 0. The third kappa shape index (κ3) is 7.01. The van der Waals surface area contributed by atoms with Crippen molar-refractivity contribution in [2.75, 3.05) is 19.4 Å². The molecule has 3 heteroatoms. The van der Waals surface area contributed by atoms with Crippen LogP contribution in [-0.4, -0.2) is 28.6 Å². The van der Waals surface area contributed by atoms with Gasteiger partial charge in [-0.15, -0.1) is 0 Å². The van der Waals surface area contributed by atoms with E-state index in [-0.39, 0.29) is 0 Å². The molecule has 0 saturated carbocycles. The Hall–Kier alpha value is 0.630. The summed E-state index contributed by atoms with van der Waals surface area (Å²) < 4.78 is 3.42. The highest BCUT2D eigenvalue weighted by atomic mass is 79.9. The van der Waals surface area contributed by atoms with Crippen molar-refractivity contribution < 1.29 is 4.58 Å². The van der Waals surface area contributed by atoms with E-state index in [1.165, 1.54) is 30.3 Å². The summed E-state index contributed by atoms with van der Waals surface area (Å²) in [6.07, 6.45) is 5.05. The maximum absolute atomic E-state index is 3.53. The van der Waals surface area contributed by atoms with Crippen LogP contribution in [-0.2, 0) is 0 Å². The maximum atomic E-state index is 3.53. The molecule has 1 nitrogen and oxygen atoms in total. The van der Waals surface area contributed by atoms with E-state index in [9.17, 15) is 0 Å². The largest absolute Gasteiger partial charge is 0.233 e. The van der Waals surface area contributed by atoms with Gasteiger partial charge in [-0.1, -0.05) is 22.4 Å². The second kappa shape index (κ2) is 7.29. The summed E-state index contributed by atoms with van der Waals surface area (Å²) in [5.41, 5.74) is 0. The Kier molecular flexibility index (Phi) is 7.71. The third-order valence-electron chi connectivity index (χ3n) is 1.50. The molecule has 0 bridgehead atoms. The van der Waals surface area contributed by atoms with Crippen molar-refractivity contribution in [2.24, 2.45) is 0 Å². The fourth-order valence-electron chi connectivity index (χ4n) is 0.766. The molecule has 0 aliphatic rings. The zero-order valence-electron chi connectivity index (χ0n) is 7.24. The highest BCUT2D eigenvalue weighted by Crippen LogP contribution is 2.05. The van der Waals surface area contributed by atoms with Gasteiger partial charge in [0.1, 0.15) is 14.1 Å². The Labute approximate surface area is 86.1 Å². The van der Waals surface area contributed by atoms with Gasteiger partial charge in [-0.3, -0.25) is 0 Å². The van der Waals surface area contributed by atoms with E-state index in [2.05, 4.69) is 50.5 Å². The fourth-order valence-corrected chi connectivity index (χ4v) is 1.44. The highest BCUT2D eigenvalue weighted by Gasteiger charge is 2.00. The Morgan fingerprint density at radius 1 is 1.18 bits per heavy atom. The smallest absolute Gasteiger partial charge is 0.218 e. The molecule has 0 heterocycles. The van der Waals surface area contributed by atoms with Crippen molar-refractivity contribution in [2.45, 2.75) is 25.7 Å². The van der Waals surface area contributed by atoms with Crippen molar-refractivity contribution in [3.63, 3.8) is 0 Å². The topological polar surface area (TPSA) is 3.01 Å². The molecule has 0 aliphatic heterocycles. The quantitative estimate of drug-likeness (QED) is 0.316. The number of nitrogens with zero attached hydrogens (tertiary/aromatic N) is 1. The van der Waals surface area contributed by atoms with Crippen LogP contribution in [0.1, 0.15) is 25.7 Å². The molecular formula is C8H16Br2N+. The first-order chi connectivity index (χ1) is 5.18. The van der Waals surface area contributed by atoms with Crippen molar-refractivity contribution >= 4 is 36.5 Å². The van der Waals surface area contributed by atoms with E-state index in [4.69, 9.17) is 0 Å². The molecule has 0 saturated heterocycles. The average molecular weight is 286 g/mol. The highest BCUT2D eigenvalue weighted by molar-refractivity contribution is 9.18. The van der Waals surface area contributed by atoms with E-state index in [0.717, 1.165) is 5.33 Å². The molecule has 0 aliphatic carbocycles. The first-order valence-corrected chi connectivity index (χ1v) is 5.84. The zero-order chi connectivity index (χ0) is 8.69. The number of halogens is 2. The normalized spacial score (nSPS) is 9.82. The van der Waals surface area contributed by atoms with E-state index < -0.39 is 0 Å². The lowest BCUT2D eigenvalue weighted by Gasteiger charge is -1.96. The van der Waals surface area contributed by atoms with Crippen LogP contribution < -0.4 is 0 Å². The summed E-state index contributed by atoms with van der Waals surface area (Å²) in [5, 5.41) is 1.13. The molecule has 0 amide bonds. The average Bonchev–Trinajstić information content (AvgIpc) is 1.97. The predicted molar refractivity (Wildman–Crippen MR) is 58.3 cm³/mol. The fraction of sp³-hybridized carbons (Fsp3) is 0.875. The molecular weight excluding hydrogens is 270 g/mol. The minimum atomic E-state index is 1.13. The van der Waals surface area contributed by atoms with Gasteiger partial charge >= 0.3 is 0 Å². The number of hydrogen-bond acceptors (Lipinski definition) is 0. The maximum Gasteiger partial charge on any atom is 0.218 e. The lowest BCUT2D eigenvalue weighted by Crippen LogP contribution is -2.05. The Morgan fingerprint density at radius 2 is 1.82 bits per heavy atom. The number of rotatable bonds is 5. The molecule has 0 N–H and O–H groups in total. The molecule has 0 atom stereocenters. The lowest BCUT2D eigenvalue weighted by atomic mass is 10.2. The van der Waals surface area contributed by atoms with Crippen molar-refractivity contribution in [3.8, 4) is 0 Å². The van der Waals surface area contributed by atoms with Gasteiger partial charge in [0.05, 0.1) is 0 Å². The van der Waals surface area contributed by atoms with Gasteiger partial charge in [-0.25, -0.2) is 4.58 Å². The van der Waals surface area contributed by atoms with Crippen molar-refractivity contribution in [1.29, 1.82) is 0 Å². The minimum Gasteiger partial charge on any atom is -0.233 e. The van der Waals surface area contributed by atoms with E-state index >= 15 is 0 Å². The van der Waals surface area contributed by atoms with Gasteiger partial charge in [0.2, 0.25) is 4.62 Å². The Morgan fingerprint density at radius 3 is 2.27 bits per heavy atom. The summed E-state index contributed by atoms with van der Waals surface area (Å²) in [6.45, 7) is 0. The predicted octanol–water partition coefficient (Wildman–Crippen LogP) is 3.01. The summed E-state index contributed by atoms with van der Waals surface area (Å²) in [5.74, 6) is 0. The molecule has 11 heavy (non-hydrogen) atoms. The van der Waals surface area contributed by atoms with Crippen LogP contribution in [0, 0.1) is 0 Å². The van der Waals surface area contributed by atoms with Crippen LogP contribution in [0.2, 0.25) is 0 Å². The standard InChI is InChI=1S/C8H16Br2N/c1-11(2)8(10)6-4-3-5-7-9/h3-7H2,1-2H3/q+1. The van der Waals surface area contributed by atoms with E-state index in [1.807, 2.05) is 0 Å². The van der Waals surface area contributed by atoms with Gasteiger partial charge in [0, 0.05) is 27.7 Å². The summed E-state index contributed by atoms with van der Waals surface area (Å²) in [4.78, 5) is 0. The number of unbranched alkanes of at least 4 members (excludes halogenated alkanes) is 2. The molecule has 0 aromatic heterocycles. The second-order valence-corrected chi connectivity index (χ2v) is 4.48. The van der Waals surface area contributed by atoms with Crippen LogP contribution in [0.3, 0.4) is 0 Å². The lowest BCUT2D eigenvalue weighted by molar-refractivity contribution is -0.462. The summed E-state index contributed by atoms with van der Waals surface area (Å²) in [7, 11) is 4.13. The molecule has 0 spiro atoms. The van der Waals surface area contributed by atoms with Gasteiger partial charge in [-0.05, 0) is 12.8 Å². The second-order valence-electron chi connectivity index (χ2n) is 2.77. The minimum absolute atomic E-state index is 1.13. The Balaban J connectivity index is 3.32. The van der Waals surface area contributed by atoms with Gasteiger partial charge < -0.3 is 0 Å². The van der Waals surface area contributed by atoms with E-state index in [0.29, 0.717) is 0 Å². The molecule has 0 aromatic carbocycles. The third-order valence-corrected chi connectivity index (χ3v) is 3.17. The SMILES string of the molecule is C[N+](C)=C(Br)CCCCCBr. The van der Waals surface area contributed by atoms with Crippen LogP contribution in [0.15, 0.2) is 0 Å². The van der Waals surface area contributed by atoms with Crippen LogP contribution in [0.5, 0.6) is 0 Å². The van der Waals surface area contributed by atoms with Crippen molar-refractivity contribution in [1.82, 2.24) is 0 Å². The van der Waals surface area contributed by atoms with Gasteiger partial charge in [-0.2, -0.15) is 0 Å². The first-order valence-electron chi connectivity index (χ1n) is 3.93. The van der Waals surface area contributed by atoms with Crippen LogP contribution in [0.25, 0.3) is 0 Å². The zero-order valence-corrected chi connectivity index (χ0v) is 10.4. The number of alkyl halides is 1. The van der Waals surface area contributed by atoms with Gasteiger partial charge in [0.25, 0.3) is 0 Å². The van der Waals surface area contributed by atoms with Gasteiger partial charge in [0.15, 0.2) is 0 Å². The molecule has 0 aromatic rings. The summed E-state index contributed by atoms with van der Waals surface area (Å²) >= 11 is 6.94. The molecule has 0 unspecified atom stereocenters. The molecule has 66 valence electrons. The van der Waals surface area contributed by atoms with Crippen LogP contribution >= 0.6 is 31.9 Å². The number of hydrogen-bond donors (Lipinski definition) is 0. The van der Waals surface area contributed by atoms with Crippen molar-refractivity contribution in [3.05, 3.63) is 0 Å². The Bertz CT molecular complexity index is 128. The van der Waals surface area contributed by atoms with Crippen LogP contribution in [0.4, 0.5) is 0 Å².